The number of hydrogen-bond donors (Lipinski definition) is 1. The first-order valence-electron chi connectivity index (χ1n) is 6.67. The number of likely N-dealkylation sites (N-methyl/N-ethyl adjacent to an activating group) is 1. The number of para-hydroxylation sites is 1. The minimum absolute atomic E-state index is 0. The van der Waals surface area contributed by atoms with Crippen LogP contribution in [0.1, 0.15) is 5.56 Å². The van der Waals surface area contributed by atoms with E-state index in [0.717, 1.165) is 27.5 Å². The van der Waals surface area contributed by atoms with Gasteiger partial charge in [-0.1, -0.05) is 18.2 Å². The summed E-state index contributed by atoms with van der Waals surface area (Å²) in [6.07, 6.45) is 5.15. The Bertz CT molecular complexity index is 626. The van der Waals surface area contributed by atoms with Crippen LogP contribution in [0.2, 0.25) is 0 Å². The molecule has 21 heavy (non-hydrogen) atoms. The van der Waals surface area contributed by atoms with Crippen molar-refractivity contribution in [3.8, 4) is 0 Å². The summed E-state index contributed by atoms with van der Waals surface area (Å²) in [5, 5.41) is 1.10. The third-order valence-corrected chi connectivity index (χ3v) is 3.03. The van der Waals surface area contributed by atoms with Gasteiger partial charge in [-0.05, 0) is 12.1 Å². The van der Waals surface area contributed by atoms with E-state index in [1.165, 1.54) is 6.08 Å². The summed E-state index contributed by atoms with van der Waals surface area (Å²) >= 11 is 0. The van der Waals surface area contributed by atoms with Crippen molar-refractivity contribution >= 4 is 22.9 Å². The number of ether oxygens (including phenoxy) is 1. The molecule has 0 unspecified atom stereocenters. The molecule has 0 aliphatic rings. The Morgan fingerprint density at radius 2 is 2.00 bits per heavy atom. The Morgan fingerprint density at radius 1 is 1.29 bits per heavy atom. The molecule has 1 N–H and O–H groups in total. The van der Waals surface area contributed by atoms with Gasteiger partial charge in [-0.3, -0.25) is 0 Å². The first-order chi connectivity index (χ1) is 9.46. The van der Waals surface area contributed by atoms with Crippen molar-refractivity contribution in [3.05, 3.63) is 42.1 Å². The van der Waals surface area contributed by atoms with E-state index in [1.54, 1.807) is 6.08 Å². The lowest BCUT2D eigenvalue weighted by atomic mass is 10.1. The molecule has 0 bridgehead atoms. The third-order valence-electron chi connectivity index (χ3n) is 3.03. The number of quaternary nitrogens is 1. The fraction of sp³-hybridized carbons (Fsp3) is 0.312. The van der Waals surface area contributed by atoms with Gasteiger partial charge < -0.3 is 38.2 Å². The SMILES string of the molecule is C[N+](C)(C)CCOC(=O)/C=C/c1c[nH]c2ccccc12.[I-]. The number of carbonyl (C=O) groups excluding carboxylic acids is 1. The molecule has 0 aliphatic carbocycles. The van der Waals surface area contributed by atoms with Gasteiger partial charge in [0.2, 0.25) is 0 Å². The van der Waals surface area contributed by atoms with E-state index in [1.807, 2.05) is 30.5 Å². The zero-order valence-corrected chi connectivity index (χ0v) is 14.8. The number of fused-ring (bicyclic) bond motifs is 1. The topological polar surface area (TPSA) is 42.1 Å². The number of carbonyl (C=O) groups is 1. The van der Waals surface area contributed by atoms with Gasteiger partial charge in [-0.25, -0.2) is 4.79 Å². The number of halogens is 1. The van der Waals surface area contributed by atoms with E-state index in [4.69, 9.17) is 4.74 Å². The summed E-state index contributed by atoms with van der Waals surface area (Å²) in [6.45, 7) is 1.23. The lowest BCUT2D eigenvalue weighted by Gasteiger charge is -2.23. The van der Waals surface area contributed by atoms with Crippen molar-refractivity contribution in [1.29, 1.82) is 0 Å². The van der Waals surface area contributed by atoms with E-state index >= 15 is 0 Å². The Labute approximate surface area is 142 Å². The van der Waals surface area contributed by atoms with Gasteiger partial charge in [0.25, 0.3) is 0 Å². The molecular weight excluding hydrogens is 379 g/mol. The van der Waals surface area contributed by atoms with E-state index < -0.39 is 0 Å². The van der Waals surface area contributed by atoms with Crippen molar-refractivity contribution < 1.29 is 38.0 Å². The highest BCUT2D eigenvalue weighted by Crippen LogP contribution is 2.18. The van der Waals surface area contributed by atoms with Crippen molar-refractivity contribution in [3.63, 3.8) is 0 Å². The average Bonchev–Trinajstić information content (AvgIpc) is 2.78. The summed E-state index contributed by atoms with van der Waals surface area (Å²) < 4.78 is 5.95. The lowest BCUT2D eigenvalue weighted by molar-refractivity contribution is -0.870. The normalized spacial score (nSPS) is 11.6. The molecular formula is C16H21IN2O2. The Kier molecular flexibility index (Phi) is 6.42. The highest BCUT2D eigenvalue weighted by molar-refractivity contribution is 5.93. The van der Waals surface area contributed by atoms with Crippen molar-refractivity contribution in [2.45, 2.75) is 0 Å². The number of nitrogens with zero attached hydrogens (tertiary/aromatic N) is 1. The van der Waals surface area contributed by atoms with E-state index in [9.17, 15) is 4.79 Å². The number of nitrogens with one attached hydrogen (secondary N) is 1. The number of H-pyrrole nitrogens is 1. The Morgan fingerprint density at radius 3 is 2.71 bits per heavy atom. The molecule has 1 aromatic carbocycles. The summed E-state index contributed by atoms with van der Waals surface area (Å²) in [4.78, 5) is 14.8. The van der Waals surface area contributed by atoms with Gasteiger partial charge in [0, 0.05) is 28.7 Å². The van der Waals surface area contributed by atoms with Crippen LogP contribution in [-0.2, 0) is 9.53 Å². The van der Waals surface area contributed by atoms with Crippen LogP contribution in [0.25, 0.3) is 17.0 Å². The number of hydrogen-bond acceptors (Lipinski definition) is 2. The number of rotatable bonds is 5. The van der Waals surface area contributed by atoms with Gasteiger partial charge in [0.05, 0.1) is 21.1 Å². The minimum atomic E-state index is -0.302. The highest BCUT2D eigenvalue weighted by atomic mass is 127. The largest absolute Gasteiger partial charge is 1.00 e. The molecule has 114 valence electrons. The molecule has 0 saturated heterocycles. The Hall–Kier alpha value is -1.34. The fourth-order valence-corrected chi connectivity index (χ4v) is 1.86. The van der Waals surface area contributed by atoms with Crippen molar-refractivity contribution in [2.24, 2.45) is 0 Å². The molecule has 2 aromatic rings. The minimum Gasteiger partial charge on any atom is -1.00 e. The first-order valence-corrected chi connectivity index (χ1v) is 6.67. The maximum absolute atomic E-state index is 11.6. The quantitative estimate of drug-likeness (QED) is 0.316. The van der Waals surface area contributed by atoms with Crippen molar-refractivity contribution in [1.82, 2.24) is 4.98 Å². The van der Waals surface area contributed by atoms with Crippen LogP contribution in [-0.4, -0.2) is 49.7 Å². The van der Waals surface area contributed by atoms with Gasteiger partial charge in [0.1, 0.15) is 13.2 Å². The van der Waals surface area contributed by atoms with Crippen LogP contribution in [0.4, 0.5) is 0 Å². The smallest absolute Gasteiger partial charge is 0.330 e. The van der Waals surface area contributed by atoms with Crippen molar-refractivity contribution in [2.75, 3.05) is 34.3 Å². The fourth-order valence-electron chi connectivity index (χ4n) is 1.86. The predicted molar refractivity (Wildman–Crippen MR) is 81.2 cm³/mol. The van der Waals surface area contributed by atoms with Crippen LogP contribution in [0.3, 0.4) is 0 Å². The second-order valence-corrected chi connectivity index (χ2v) is 5.80. The molecule has 0 saturated carbocycles. The number of benzene rings is 1. The second kappa shape index (κ2) is 7.61. The van der Waals surface area contributed by atoms with E-state index in [2.05, 4.69) is 26.1 Å². The summed E-state index contributed by atoms with van der Waals surface area (Å²) in [7, 11) is 6.20. The molecule has 0 amide bonds. The number of aromatic amines is 1. The standard InChI is InChI=1S/C16H20N2O2.HI/c1-18(2,3)10-11-20-16(19)9-8-13-12-17-15-7-5-4-6-14(13)15;/h4-9,12H,10-11H2,1-3H3;1H. The van der Waals surface area contributed by atoms with Crippen LogP contribution < -0.4 is 24.0 Å². The molecule has 0 radical (unpaired) electrons. The number of aromatic nitrogens is 1. The summed E-state index contributed by atoms with van der Waals surface area (Å²) in [5.41, 5.74) is 2.05. The van der Waals surface area contributed by atoms with Crippen LogP contribution in [0.15, 0.2) is 36.5 Å². The molecule has 4 nitrogen and oxygen atoms in total. The predicted octanol–water partition coefficient (Wildman–Crippen LogP) is -0.565. The maximum Gasteiger partial charge on any atom is 0.330 e. The van der Waals surface area contributed by atoms with Gasteiger partial charge in [-0.15, -0.1) is 0 Å². The molecule has 1 aromatic heterocycles. The lowest BCUT2D eigenvalue weighted by Crippen LogP contribution is -3.00. The molecule has 0 spiro atoms. The van der Waals surface area contributed by atoms with Crippen LogP contribution in [0, 0.1) is 0 Å². The summed E-state index contributed by atoms with van der Waals surface area (Å²) in [6, 6.07) is 7.98. The average molecular weight is 400 g/mol. The maximum atomic E-state index is 11.6. The van der Waals surface area contributed by atoms with Crippen LogP contribution in [0.5, 0.6) is 0 Å². The third kappa shape index (κ3) is 5.51. The first kappa shape index (κ1) is 17.7. The molecule has 0 aliphatic heterocycles. The van der Waals surface area contributed by atoms with Gasteiger partial charge in [-0.2, -0.15) is 0 Å². The second-order valence-electron chi connectivity index (χ2n) is 5.80. The zero-order chi connectivity index (χ0) is 14.6. The molecule has 5 heteroatoms. The summed E-state index contributed by atoms with van der Waals surface area (Å²) in [5.74, 6) is -0.302. The molecule has 0 atom stereocenters. The highest BCUT2D eigenvalue weighted by Gasteiger charge is 2.08. The van der Waals surface area contributed by atoms with Gasteiger partial charge in [0.15, 0.2) is 0 Å². The zero-order valence-electron chi connectivity index (χ0n) is 12.6. The van der Waals surface area contributed by atoms with E-state index in [0.29, 0.717) is 6.61 Å². The molecule has 1 heterocycles. The van der Waals surface area contributed by atoms with Gasteiger partial charge >= 0.3 is 5.97 Å². The molecule has 0 fully saturated rings. The van der Waals surface area contributed by atoms with Crippen LogP contribution >= 0.6 is 0 Å². The van der Waals surface area contributed by atoms with E-state index in [-0.39, 0.29) is 29.9 Å². The number of esters is 1. The Balaban J connectivity index is 0.00000220. The molecule has 2 rings (SSSR count). The monoisotopic (exact) mass is 400 g/mol.